The van der Waals surface area contributed by atoms with Crippen molar-refractivity contribution in [2.75, 3.05) is 0 Å². The van der Waals surface area contributed by atoms with Gasteiger partial charge in [-0.05, 0) is 55.4 Å². The molecule has 1 aliphatic rings. The average Bonchev–Trinajstić information content (AvgIpc) is 2.35. The summed E-state index contributed by atoms with van der Waals surface area (Å²) in [6.07, 6.45) is 12.0. The van der Waals surface area contributed by atoms with Crippen LogP contribution in [0.1, 0.15) is 55.4 Å². The molecule has 1 rings (SSSR count). The molecule has 0 saturated heterocycles. The van der Waals surface area contributed by atoms with Gasteiger partial charge < -0.3 is 0 Å². The lowest BCUT2D eigenvalue weighted by molar-refractivity contribution is 0.723. The topological polar surface area (TPSA) is 0 Å². The average molecular weight is 260 g/mol. The van der Waals surface area contributed by atoms with Gasteiger partial charge in [0, 0.05) is 0 Å². The van der Waals surface area contributed by atoms with E-state index in [9.17, 15) is 0 Å². The molecule has 108 valence electrons. The largest absolute Gasteiger partial charge is 0.0984 e. The van der Waals surface area contributed by atoms with Gasteiger partial charge in [-0.1, -0.05) is 65.2 Å². The lowest BCUT2D eigenvalue weighted by Gasteiger charge is -2.19. The third kappa shape index (κ3) is 5.92. The van der Waals surface area contributed by atoms with Crippen molar-refractivity contribution in [2.45, 2.75) is 55.4 Å². The van der Waals surface area contributed by atoms with Gasteiger partial charge in [0.15, 0.2) is 0 Å². The quantitative estimate of drug-likeness (QED) is 0.499. The van der Waals surface area contributed by atoms with E-state index in [-0.39, 0.29) is 7.43 Å². The van der Waals surface area contributed by atoms with E-state index in [4.69, 9.17) is 0 Å². The number of hydrogen-bond donors (Lipinski definition) is 0. The molecule has 0 aromatic carbocycles. The van der Waals surface area contributed by atoms with Crippen molar-refractivity contribution in [1.82, 2.24) is 0 Å². The molecule has 0 fully saturated rings. The highest BCUT2D eigenvalue weighted by atomic mass is 14.2. The van der Waals surface area contributed by atoms with Crippen LogP contribution in [0.25, 0.3) is 0 Å². The second kappa shape index (κ2) is 10.6. The van der Waals surface area contributed by atoms with Gasteiger partial charge >= 0.3 is 0 Å². The Kier molecular flexibility index (Phi) is 11.2. The van der Waals surface area contributed by atoms with Gasteiger partial charge in [0.05, 0.1) is 0 Å². The third-order valence-corrected chi connectivity index (χ3v) is 2.99. The molecule has 0 heteroatoms. The Morgan fingerprint density at radius 1 is 1.37 bits per heavy atom. The summed E-state index contributed by atoms with van der Waals surface area (Å²) >= 11 is 0. The molecule has 0 heterocycles. The van der Waals surface area contributed by atoms with Crippen molar-refractivity contribution in [3.63, 3.8) is 0 Å². The Balaban J connectivity index is 0. The predicted octanol–water partition coefficient (Wildman–Crippen LogP) is 6.64. The molecule has 1 atom stereocenters. The van der Waals surface area contributed by atoms with Crippen LogP contribution in [0.15, 0.2) is 59.3 Å². The first kappa shape index (κ1) is 20.0. The van der Waals surface area contributed by atoms with Crippen molar-refractivity contribution < 1.29 is 0 Å². The molecule has 0 aromatic heterocycles. The van der Waals surface area contributed by atoms with E-state index in [0.29, 0.717) is 5.92 Å². The molecule has 0 N–H and O–H groups in total. The second-order valence-electron chi connectivity index (χ2n) is 4.48. The third-order valence-electron chi connectivity index (χ3n) is 2.99. The van der Waals surface area contributed by atoms with Gasteiger partial charge in [-0.3, -0.25) is 0 Å². The Labute approximate surface area is 121 Å². The molecule has 0 nitrogen and oxygen atoms in total. The molecule has 19 heavy (non-hydrogen) atoms. The van der Waals surface area contributed by atoms with Gasteiger partial charge in [0.1, 0.15) is 0 Å². The van der Waals surface area contributed by atoms with E-state index >= 15 is 0 Å². The smallest absolute Gasteiger partial charge is 0.0161 e. The molecule has 1 aliphatic carbocycles. The standard InChI is InChI=1S/C16H22.C2H6.CH4/c1-6-8-13(4)15(7-2)16-10-9-12(3)11-14(16)5;1-2;/h6-8,10-12H,2,9H2,1,3-5H3;1-2H3;1H4/b8-6-,15-13+;;. The van der Waals surface area contributed by atoms with Crippen LogP contribution in [0.3, 0.4) is 0 Å². The van der Waals surface area contributed by atoms with Crippen molar-refractivity contribution in [2.24, 2.45) is 5.92 Å². The van der Waals surface area contributed by atoms with Crippen molar-refractivity contribution in [3.8, 4) is 0 Å². The lowest BCUT2D eigenvalue weighted by Crippen LogP contribution is -2.02. The summed E-state index contributed by atoms with van der Waals surface area (Å²) in [7, 11) is 0. The highest BCUT2D eigenvalue weighted by molar-refractivity contribution is 5.55. The van der Waals surface area contributed by atoms with Crippen molar-refractivity contribution in [3.05, 3.63) is 59.3 Å². The van der Waals surface area contributed by atoms with E-state index in [0.717, 1.165) is 6.42 Å². The lowest BCUT2D eigenvalue weighted by atomic mass is 9.86. The summed E-state index contributed by atoms with van der Waals surface area (Å²) in [5.41, 5.74) is 5.27. The molecule has 0 aromatic rings. The van der Waals surface area contributed by atoms with E-state index in [1.165, 1.54) is 22.3 Å². The maximum Gasteiger partial charge on any atom is -0.0161 e. The van der Waals surface area contributed by atoms with Gasteiger partial charge in [-0.25, -0.2) is 0 Å². The first-order chi connectivity index (χ1) is 8.60. The van der Waals surface area contributed by atoms with Crippen LogP contribution in [0.5, 0.6) is 0 Å². The van der Waals surface area contributed by atoms with E-state index in [2.05, 4.69) is 51.7 Å². The van der Waals surface area contributed by atoms with Crippen molar-refractivity contribution in [1.29, 1.82) is 0 Å². The molecule has 0 saturated carbocycles. The van der Waals surface area contributed by atoms with Crippen LogP contribution in [-0.2, 0) is 0 Å². The maximum atomic E-state index is 3.93. The van der Waals surface area contributed by atoms with Gasteiger partial charge in [-0.15, -0.1) is 0 Å². The molecule has 0 amide bonds. The summed E-state index contributed by atoms with van der Waals surface area (Å²) < 4.78 is 0. The maximum absolute atomic E-state index is 3.93. The summed E-state index contributed by atoms with van der Waals surface area (Å²) in [5.74, 6) is 0.664. The number of allylic oxidation sites excluding steroid dienone is 9. The minimum atomic E-state index is 0. The second-order valence-corrected chi connectivity index (χ2v) is 4.48. The summed E-state index contributed by atoms with van der Waals surface area (Å²) in [4.78, 5) is 0. The van der Waals surface area contributed by atoms with Crippen molar-refractivity contribution >= 4 is 0 Å². The summed E-state index contributed by atoms with van der Waals surface area (Å²) in [5, 5.41) is 0. The first-order valence-electron chi connectivity index (χ1n) is 6.95. The molecule has 0 spiro atoms. The van der Waals surface area contributed by atoms with Crippen LogP contribution >= 0.6 is 0 Å². The van der Waals surface area contributed by atoms with Crippen LogP contribution in [-0.4, -0.2) is 0 Å². The zero-order valence-electron chi connectivity index (χ0n) is 12.9. The fourth-order valence-corrected chi connectivity index (χ4v) is 2.19. The van der Waals surface area contributed by atoms with E-state index < -0.39 is 0 Å². The molecular weight excluding hydrogens is 228 g/mol. The Morgan fingerprint density at radius 2 is 1.95 bits per heavy atom. The fourth-order valence-electron chi connectivity index (χ4n) is 2.19. The zero-order valence-corrected chi connectivity index (χ0v) is 12.9. The van der Waals surface area contributed by atoms with Crippen LogP contribution < -0.4 is 0 Å². The Bertz CT molecular complexity index is 386. The van der Waals surface area contributed by atoms with Gasteiger partial charge in [0.2, 0.25) is 0 Å². The highest BCUT2D eigenvalue weighted by Gasteiger charge is 2.12. The minimum absolute atomic E-state index is 0. The number of hydrogen-bond acceptors (Lipinski definition) is 0. The molecule has 0 bridgehead atoms. The molecule has 0 aliphatic heterocycles. The molecular formula is C19H32. The van der Waals surface area contributed by atoms with Gasteiger partial charge in [-0.2, -0.15) is 0 Å². The van der Waals surface area contributed by atoms with Gasteiger partial charge in [0.25, 0.3) is 0 Å². The highest BCUT2D eigenvalue weighted by Crippen LogP contribution is 2.30. The minimum Gasteiger partial charge on any atom is -0.0984 e. The fraction of sp³-hybridized carbons (Fsp3) is 0.474. The van der Waals surface area contributed by atoms with Crippen LogP contribution in [0.2, 0.25) is 0 Å². The normalized spacial score (nSPS) is 19.4. The predicted molar refractivity (Wildman–Crippen MR) is 91.4 cm³/mol. The first-order valence-corrected chi connectivity index (χ1v) is 6.95. The van der Waals surface area contributed by atoms with E-state index in [1.807, 2.05) is 26.8 Å². The summed E-state index contributed by atoms with van der Waals surface area (Å²) in [6, 6.07) is 0. The van der Waals surface area contributed by atoms with Crippen LogP contribution in [0, 0.1) is 5.92 Å². The Morgan fingerprint density at radius 3 is 2.37 bits per heavy atom. The zero-order chi connectivity index (χ0) is 14.1. The molecule has 1 unspecified atom stereocenters. The van der Waals surface area contributed by atoms with E-state index in [1.54, 1.807) is 0 Å². The van der Waals surface area contributed by atoms with Crippen LogP contribution in [0.4, 0.5) is 0 Å². The SMILES string of the molecule is C.C=C/C(C1=CCC(C)C=C1C)=C(C)\C=C/C.CC. The monoisotopic (exact) mass is 260 g/mol. The summed E-state index contributed by atoms with van der Waals surface area (Å²) in [6.45, 7) is 16.6. The Hall–Kier alpha value is -1.30. The molecule has 0 radical (unpaired) electrons. The number of rotatable bonds is 3.